The van der Waals surface area contributed by atoms with Gasteiger partial charge in [0, 0.05) is 56.8 Å². The number of aromatic nitrogens is 1. The van der Waals surface area contributed by atoms with E-state index in [0.717, 1.165) is 63.2 Å². The van der Waals surface area contributed by atoms with Gasteiger partial charge in [-0.2, -0.15) is 0 Å². The van der Waals surface area contributed by atoms with E-state index < -0.39 is 0 Å². The molecule has 2 atom stereocenters. The van der Waals surface area contributed by atoms with Gasteiger partial charge in [0.1, 0.15) is 5.60 Å². The fourth-order valence-electron chi connectivity index (χ4n) is 5.07. The minimum Gasteiger partial charge on any atom is -0.504 e. The predicted octanol–water partition coefficient (Wildman–Crippen LogP) is 4.34. The van der Waals surface area contributed by atoms with E-state index in [-0.39, 0.29) is 17.5 Å². The lowest BCUT2D eigenvalue weighted by Gasteiger charge is -2.53. The number of phenols is 1. The number of rotatable bonds is 2. The van der Waals surface area contributed by atoms with Crippen LogP contribution in [0.2, 0.25) is 5.02 Å². The molecule has 0 radical (unpaired) electrons. The summed E-state index contributed by atoms with van der Waals surface area (Å²) in [6.45, 7) is 3.48. The third-order valence-corrected chi connectivity index (χ3v) is 6.73. The van der Waals surface area contributed by atoms with Gasteiger partial charge >= 0.3 is 0 Å². The second kappa shape index (κ2) is 7.21. The Bertz CT molecular complexity index is 849. The van der Waals surface area contributed by atoms with Crippen molar-refractivity contribution in [1.82, 2.24) is 9.88 Å². The molecule has 0 bridgehead atoms. The highest BCUT2D eigenvalue weighted by atomic mass is 35.5. The summed E-state index contributed by atoms with van der Waals surface area (Å²) in [6.07, 6.45) is 5.76. The highest BCUT2D eigenvalue weighted by Gasteiger charge is 2.52. The third kappa shape index (κ3) is 3.15. The van der Waals surface area contributed by atoms with Crippen molar-refractivity contribution >= 4 is 11.6 Å². The van der Waals surface area contributed by atoms with Crippen LogP contribution < -0.4 is 4.74 Å². The van der Waals surface area contributed by atoms with E-state index in [1.807, 2.05) is 24.3 Å². The highest BCUT2D eigenvalue weighted by molar-refractivity contribution is 6.30. The number of likely N-dealkylation sites (tertiary alicyclic amines) is 1. The second-order valence-corrected chi connectivity index (χ2v) is 8.58. The molecule has 2 saturated heterocycles. The minimum absolute atomic E-state index is 0.0223. The van der Waals surface area contributed by atoms with Crippen LogP contribution in [0.1, 0.15) is 43.0 Å². The van der Waals surface area contributed by atoms with Crippen LogP contribution in [0.15, 0.2) is 36.5 Å². The maximum Gasteiger partial charge on any atom is 0.167 e. The Morgan fingerprint density at radius 3 is 2.86 bits per heavy atom. The number of pyridine rings is 1. The molecule has 6 heteroatoms. The molecule has 1 aromatic carbocycles. The van der Waals surface area contributed by atoms with Gasteiger partial charge in [0.25, 0.3) is 0 Å². The second-order valence-electron chi connectivity index (χ2n) is 8.15. The van der Waals surface area contributed by atoms with Crippen LogP contribution in [0.4, 0.5) is 0 Å². The van der Waals surface area contributed by atoms with Gasteiger partial charge in [-0.1, -0.05) is 23.7 Å². The molecule has 5 nitrogen and oxygen atoms in total. The predicted molar refractivity (Wildman–Crippen MR) is 107 cm³/mol. The highest BCUT2D eigenvalue weighted by Crippen LogP contribution is 2.55. The Morgan fingerprint density at radius 1 is 1.21 bits per heavy atom. The molecular formula is C22H25ClN2O3. The molecule has 0 saturated carbocycles. The largest absolute Gasteiger partial charge is 0.504 e. The van der Waals surface area contributed by atoms with Crippen molar-refractivity contribution in [1.29, 1.82) is 0 Å². The summed E-state index contributed by atoms with van der Waals surface area (Å²) in [5.41, 5.74) is 1.77. The Balaban J connectivity index is 1.36. The van der Waals surface area contributed by atoms with E-state index >= 15 is 0 Å². The first-order chi connectivity index (χ1) is 13.6. The number of aromatic hydroxyl groups is 1. The summed E-state index contributed by atoms with van der Waals surface area (Å²) in [5.74, 6) is 1.18. The lowest BCUT2D eigenvalue weighted by Crippen LogP contribution is -2.57. The van der Waals surface area contributed by atoms with Crippen LogP contribution >= 0.6 is 11.6 Å². The normalized spacial score (nSPS) is 26.3. The summed E-state index contributed by atoms with van der Waals surface area (Å²) in [7, 11) is 0. The quantitative estimate of drug-likeness (QED) is 0.812. The van der Waals surface area contributed by atoms with E-state index in [4.69, 9.17) is 21.1 Å². The monoisotopic (exact) mass is 400 g/mol. The zero-order valence-electron chi connectivity index (χ0n) is 15.8. The third-order valence-electron chi connectivity index (χ3n) is 6.51. The van der Waals surface area contributed by atoms with Crippen LogP contribution in [-0.2, 0) is 11.3 Å². The maximum atomic E-state index is 10.4. The Kier molecular flexibility index (Phi) is 4.69. The Labute approximate surface area is 170 Å². The van der Waals surface area contributed by atoms with E-state index in [9.17, 15) is 5.11 Å². The summed E-state index contributed by atoms with van der Waals surface area (Å²) in [5, 5.41) is 11.1. The van der Waals surface area contributed by atoms with Gasteiger partial charge in [-0.3, -0.25) is 9.88 Å². The number of hydrogen-bond acceptors (Lipinski definition) is 5. The molecule has 4 heterocycles. The first-order valence-electron chi connectivity index (χ1n) is 10.1. The molecule has 5 rings (SSSR count). The van der Waals surface area contributed by atoms with Gasteiger partial charge in [-0.15, -0.1) is 0 Å². The van der Waals surface area contributed by atoms with Gasteiger partial charge in [0.2, 0.25) is 0 Å². The SMILES string of the molecule is Oc1cccc2c1OC1(CCN(Cc3ccc(Cl)cn3)CC1)[C@H]1CCCO[C@H]21. The van der Waals surface area contributed by atoms with Crippen LogP contribution in [0.5, 0.6) is 11.5 Å². The topological polar surface area (TPSA) is 54.8 Å². The van der Waals surface area contributed by atoms with Crippen LogP contribution in [0.3, 0.4) is 0 Å². The number of phenolic OH excluding ortho intramolecular Hbond substituents is 1. The zero-order chi connectivity index (χ0) is 19.1. The van der Waals surface area contributed by atoms with Crippen molar-refractivity contribution < 1.29 is 14.6 Å². The number of benzene rings is 1. The van der Waals surface area contributed by atoms with Crippen molar-refractivity contribution in [3.8, 4) is 11.5 Å². The van der Waals surface area contributed by atoms with Crippen LogP contribution in [0, 0.1) is 5.92 Å². The van der Waals surface area contributed by atoms with E-state index in [1.54, 1.807) is 12.3 Å². The first-order valence-corrected chi connectivity index (χ1v) is 10.5. The minimum atomic E-state index is -0.263. The number of para-hydroxylation sites is 1. The summed E-state index contributed by atoms with van der Waals surface area (Å²) < 4.78 is 12.8. The molecule has 3 aliphatic rings. The summed E-state index contributed by atoms with van der Waals surface area (Å²) in [4.78, 5) is 6.85. The van der Waals surface area contributed by atoms with Crippen LogP contribution in [0.25, 0.3) is 0 Å². The average molecular weight is 401 g/mol. The summed E-state index contributed by atoms with van der Waals surface area (Å²) in [6, 6.07) is 9.50. The van der Waals surface area contributed by atoms with Crippen molar-refractivity contribution in [3.63, 3.8) is 0 Å². The molecule has 1 spiro atoms. The number of fused-ring (bicyclic) bond motifs is 4. The molecule has 0 aliphatic carbocycles. The molecule has 148 valence electrons. The van der Waals surface area contributed by atoms with Crippen molar-refractivity contribution in [2.45, 2.75) is 43.9 Å². The Morgan fingerprint density at radius 2 is 2.07 bits per heavy atom. The molecule has 1 N–H and O–H groups in total. The van der Waals surface area contributed by atoms with E-state index in [0.29, 0.717) is 16.7 Å². The van der Waals surface area contributed by atoms with Gasteiger partial charge in [-0.25, -0.2) is 0 Å². The van der Waals surface area contributed by atoms with Crippen molar-refractivity contribution in [3.05, 3.63) is 52.8 Å². The van der Waals surface area contributed by atoms with Gasteiger partial charge in [-0.05, 0) is 31.0 Å². The molecule has 2 aromatic rings. The fraction of sp³-hybridized carbons (Fsp3) is 0.500. The number of nitrogens with zero attached hydrogens (tertiary/aromatic N) is 2. The smallest absolute Gasteiger partial charge is 0.167 e. The number of ether oxygens (including phenoxy) is 2. The molecule has 1 aromatic heterocycles. The molecule has 0 amide bonds. The molecule has 28 heavy (non-hydrogen) atoms. The lowest BCUT2D eigenvalue weighted by atomic mass is 9.70. The standard InChI is InChI=1S/C22H25ClN2O3/c23-15-6-7-16(24-13-15)14-25-10-8-22(9-11-25)18-4-2-12-27-20(18)17-3-1-5-19(26)21(17)28-22/h1,3,5-7,13,18,20,26H,2,4,8-12,14H2/t18-,20+/m0/s1. The van der Waals surface area contributed by atoms with Crippen molar-refractivity contribution in [2.75, 3.05) is 19.7 Å². The number of hydrogen-bond donors (Lipinski definition) is 1. The fourth-order valence-corrected chi connectivity index (χ4v) is 5.19. The zero-order valence-corrected chi connectivity index (χ0v) is 16.6. The van der Waals surface area contributed by atoms with Gasteiger partial charge < -0.3 is 14.6 Å². The summed E-state index contributed by atoms with van der Waals surface area (Å²) >= 11 is 5.95. The first kappa shape index (κ1) is 18.2. The average Bonchev–Trinajstić information content (AvgIpc) is 2.73. The molecule has 2 fully saturated rings. The van der Waals surface area contributed by atoms with E-state index in [2.05, 4.69) is 9.88 Å². The van der Waals surface area contributed by atoms with Crippen LogP contribution in [-0.4, -0.2) is 40.3 Å². The number of piperidine rings is 1. The number of halogens is 1. The van der Waals surface area contributed by atoms with Gasteiger partial charge in [0.15, 0.2) is 11.5 Å². The van der Waals surface area contributed by atoms with Gasteiger partial charge in [0.05, 0.1) is 16.8 Å². The lowest BCUT2D eigenvalue weighted by molar-refractivity contribution is -0.150. The molecule has 3 aliphatic heterocycles. The van der Waals surface area contributed by atoms with E-state index in [1.165, 1.54) is 0 Å². The Hall–Kier alpha value is -1.82. The van der Waals surface area contributed by atoms with Crippen molar-refractivity contribution in [2.24, 2.45) is 5.92 Å². The molecular weight excluding hydrogens is 376 g/mol. The molecule has 0 unspecified atom stereocenters. The maximum absolute atomic E-state index is 10.4.